The summed E-state index contributed by atoms with van der Waals surface area (Å²) in [4.78, 5) is 39.1. The largest absolute Gasteiger partial charge is 0.394 e. The predicted molar refractivity (Wildman–Crippen MR) is 403 cm³/mol. The summed E-state index contributed by atoms with van der Waals surface area (Å²) in [5, 5.41) is 209. The number of carbonyl (C=O) groups is 3. The van der Waals surface area contributed by atoms with Crippen molar-refractivity contribution in [2.45, 2.75) is 417 Å². The van der Waals surface area contributed by atoms with E-state index in [1.54, 1.807) is 6.08 Å². The standard InChI is InChI=1S/C78H141N3O33/c1-5-7-9-11-13-15-17-19-20-21-22-24-26-28-30-32-34-36-54(91)81-46(47(90)35-33-31-29-27-25-23-18-16-14-12-10-8-6-2)43-103-75-65(100)63(98)69(52(41-86)108-75)111-78-67(102)72(70(53(42-87)109-78)112-73-55(79-44(3)88)60(95)57(92)48(37-82)104-73)114-77-66(101)71(59(94)50(39-84)106-77)113-74-56(80-45(4)89)61(96)68(51(40-85)107-74)110-76-64(99)62(97)58(93)49(38-83)105-76/h33,35,46-53,55-78,82-87,90,92-102H,5-32,34,36-43H2,1-4H3,(H,79,88)(H,80,89)(H,81,91)/b35-33+/t46-,47+,48?,49?,50?,51?,52?,53?,55?,56?,57-,58-,59-,60+,61+,62-,63+,64?,65?,66?,67?,68+,69+,70-,71-,72+,73-,74-,75+,76-,77+,78-/m0/s1. The smallest absolute Gasteiger partial charge is 0.220 e. The number of amides is 3. The average molecular weight is 1650 g/mol. The van der Waals surface area contributed by atoms with Gasteiger partial charge < -0.3 is 165 Å². The molecule has 36 heteroatoms. The molecule has 3 amide bonds. The third-order valence-corrected chi connectivity index (χ3v) is 22.2. The quantitative estimate of drug-likeness (QED) is 0.0240. The zero-order valence-electron chi connectivity index (χ0n) is 67.0. The Morgan fingerprint density at radius 2 is 0.675 bits per heavy atom. The average Bonchev–Trinajstić information content (AvgIpc) is 0.761. The number of carbonyl (C=O) groups excluding carboxylic acids is 3. The molecule has 12 unspecified atom stereocenters. The lowest BCUT2D eigenvalue weighted by molar-refractivity contribution is -0.401. The third kappa shape index (κ3) is 30.5. The molecule has 0 aromatic heterocycles. The number of rotatable bonds is 54. The van der Waals surface area contributed by atoms with Crippen LogP contribution in [-0.4, -0.2) is 352 Å². The van der Waals surface area contributed by atoms with Gasteiger partial charge in [-0.25, -0.2) is 0 Å². The lowest BCUT2D eigenvalue weighted by Gasteiger charge is -2.51. The number of ether oxygens (including phenoxy) is 12. The fraction of sp³-hybridized carbons (Fsp3) is 0.936. The van der Waals surface area contributed by atoms with E-state index in [0.29, 0.717) is 12.8 Å². The second-order valence-electron chi connectivity index (χ2n) is 31.4. The molecule has 0 bridgehead atoms. The summed E-state index contributed by atoms with van der Waals surface area (Å²) in [5.41, 5.74) is 0. The zero-order chi connectivity index (χ0) is 83.4. The van der Waals surface area contributed by atoms with Crippen LogP contribution in [0.3, 0.4) is 0 Å². The van der Waals surface area contributed by atoms with E-state index >= 15 is 0 Å². The molecule has 21 N–H and O–H groups in total. The maximum Gasteiger partial charge on any atom is 0.220 e. The topological polar surface area (TPSA) is 562 Å². The van der Waals surface area contributed by atoms with Crippen molar-refractivity contribution in [3.8, 4) is 0 Å². The van der Waals surface area contributed by atoms with Gasteiger partial charge in [0, 0.05) is 20.3 Å². The molecule has 0 aromatic carbocycles. The number of unbranched alkanes of at least 4 members (excludes halogenated alkanes) is 27. The number of hydrogen-bond acceptors (Lipinski definition) is 33. The molecule has 6 saturated heterocycles. The first kappa shape index (κ1) is 99.8. The maximum absolute atomic E-state index is 13.7. The van der Waals surface area contributed by atoms with Gasteiger partial charge in [-0.2, -0.15) is 0 Å². The summed E-state index contributed by atoms with van der Waals surface area (Å²) in [6.45, 7) is -0.139. The summed E-state index contributed by atoms with van der Waals surface area (Å²) in [6, 6.07) is -4.64. The first-order chi connectivity index (χ1) is 54.8. The normalized spacial score (nSPS) is 36.8. The summed E-state index contributed by atoms with van der Waals surface area (Å²) in [5.74, 6) is -2.04. The van der Waals surface area contributed by atoms with Crippen LogP contribution >= 0.6 is 0 Å². The van der Waals surface area contributed by atoms with Crippen LogP contribution < -0.4 is 16.0 Å². The number of aliphatic hydroxyl groups excluding tert-OH is 18. The van der Waals surface area contributed by atoms with Crippen LogP contribution in [0.5, 0.6) is 0 Å². The lowest BCUT2D eigenvalue weighted by Crippen LogP contribution is -2.70. The summed E-state index contributed by atoms with van der Waals surface area (Å²) in [6.07, 6.45) is -19.8. The van der Waals surface area contributed by atoms with E-state index < -0.39 is 254 Å². The number of allylic oxidation sites excluding steroid dienone is 1. The molecule has 114 heavy (non-hydrogen) atoms. The Bertz CT molecular complexity index is 2630. The molecule has 6 rings (SSSR count). The molecule has 0 spiro atoms. The third-order valence-electron chi connectivity index (χ3n) is 22.2. The minimum Gasteiger partial charge on any atom is -0.394 e. The van der Waals surface area contributed by atoms with Crippen LogP contribution in [0, 0.1) is 0 Å². The fourth-order valence-electron chi connectivity index (χ4n) is 15.4. The molecule has 0 saturated carbocycles. The molecule has 6 fully saturated rings. The van der Waals surface area contributed by atoms with E-state index in [1.807, 2.05) is 6.08 Å². The van der Waals surface area contributed by atoms with Gasteiger partial charge in [-0.05, 0) is 19.3 Å². The number of aliphatic hydroxyl groups is 18. The fourth-order valence-corrected chi connectivity index (χ4v) is 15.4. The minimum atomic E-state index is -2.37. The highest BCUT2D eigenvalue weighted by atomic mass is 16.8. The van der Waals surface area contributed by atoms with Gasteiger partial charge in [-0.15, -0.1) is 0 Å². The first-order valence-electron chi connectivity index (χ1n) is 42.0. The molecule has 0 aliphatic carbocycles. The molecule has 6 heterocycles. The summed E-state index contributed by atoms with van der Waals surface area (Å²) < 4.78 is 72.0. The monoisotopic (exact) mass is 1650 g/mol. The van der Waals surface area contributed by atoms with Gasteiger partial charge in [0.1, 0.15) is 146 Å². The molecule has 36 nitrogen and oxygen atoms in total. The molecule has 6 aliphatic heterocycles. The van der Waals surface area contributed by atoms with Crippen molar-refractivity contribution < 1.29 is 163 Å². The van der Waals surface area contributed by atoms with Gasteiger partial charge in [0.2, 0.25) is 17.7 Å². The van der Waals surface area contributed by atoms with Crippen molar-refractivity contribution in [3.05, 3.63) is 12.2 Å². The molecule has 0 radical (unpaired) electrons. The Labute approximate surface area is 669 Å². The van der Waals surface area contributed by atoms with Crippen LogP contribution in [0.2, 0.25) is 0 Å². The first-order valence-corrected chi connectivity index (χ1v) is 42.0. The van der Waals surface area contributed by atoms with E-state index in [2.05, 4.69) is 29.8 Å². The lowest BCUT2D eigenvalue weighted by atomic mass is 9.94. The zero-order valence-corrected chi connectivity index (χ0v) is 67.0. The van der Waals surface area contributed by atoms with E-state index in [1.165, 1.54) is 122 Å². The molecular formula is C78H141N3O33. The van der Waals surface area contributed by atoms with E-state index in [4.69, 9.17) is 56.8 Å². The van der Waals surface area contributed by atoms with E-state index in [9.17, 15) is 106 Å². The Balaban J connectivity index is 1.18. The van der Waals surface area contributed by atoms with Crippen molar-refractivity contribution >= 4 is 17.7 Å². The Morgan fingerprint density at radius 3 is 1.14 bits per heavy atom. The highest BCUT2D eigenvalue weighted by Gasteiger charge is 2.59. The second kappa shape index (κ2) is 53.7. The van der Waals surface area contributed by atoms with Crippen LogP contribution in [-0.2, 0) is 71.2 Å². The van der Waals surface area contributed by atoms with Gasteiger partial charge >= 0.3 is 0 Å². The van der Waals surface area contributed by atoms with Gasteiger partial charge in [0.05, 0.1) is 58.4 Å². The van der Waals surface area contributed by atoms with Gasteiger partial charge in [0.15, 0.2) is 37.7 Å². The number of hydrogen-bond donors (Lipinski definition) is 21. The molecule has 32 atom stereocenters. The van der Waals surface area contributed by atoms with Crippen molar-refractivity contribution in [2.75, 3.05) is 46.2 Å². The van der Waals surface area contributed by atoms with Crippen LogP contribution in [0.25, 0.3) is 0 Å². The van der Waals surface area contributed by atoms with Crippen molar-refractivity contribution in [1.82, 2.24) is 16.0 Å². The highest BCUT2D eigenvalue weighted by Crippen LogP contribution is 2.39. The van der Waals surface area contributed by atoms with Gasteiger partial charge in [-0.3, -0.25) is 14.4 Å². The molecule has 666 valence electrons. The second-order valence-corrected chi connectivity index (χ2v) is 31.4. The SMILES string of the molecule is CCCCCCCCCCCCC/C=C/[C@@H](O)[C@H](CO[C@@H]1OC(CO)[C@@H](O[C@@H]2OC(CO)[C@H](O[C@@H]3OC(CO)[C@H](O)[C@H](O)C3NC(C)=O)[C@H](O[C@H]3OC(CO)[C@H](O)[C@H](O[C@@H]4OC(CO)[C@@H](O[C@@H]5OC(CO)[C@H](O)[C@H](O)C5O)[C@H](O)C4NC(C)=O)C3O)C2O)[C@H](O)C1O)NC(=O)CCCCCCCCCCCCCCCCCCC. The predicted octanol–water partition coefficient (Wildman–Crippen LogP) is -1.64. The van der Waals surface area contributed by atoms with E-state index in [0.717, 1.165) is 65.2 Å². The van der Waals surface area contributed by atoms with Gasteiger partial charge in [0.25, 0.3) is 0 Å². The summed E-state index contributed by atoms with van der Waals surface area (Å²) in [7, 11) is 0. The Kier molecular flexibility index (Phi) is 47.0. The molecular weight excluding hydrogens is 1510 g/mol. The van der Waals surface area contributed by atoms with Crippen molar-refractivity contribution in [1.29, 1.82) is 0 Å². The van der Waals surface area contributed by atoms with Crippen LogP contribution in [0.1, 0.15) is 220 Å². The Hall–Kier alpha value is -3.05. The molecule has 6 aliphatic rings. The summed E-state index contributed by atoms with van der Waals surface area (Å²) >= 11 is 0. The highest BCUT2D eigenvalue weighted by molar-refractivity contribution is 5.76. The van der Waals surface area contributed by atoms with Crippen molar-refractivity contribution in [2.24, 2.45) is 0 Å². The molecule has 0 aromatic rings. The van der Waals surface area contributed by atoms with Crippen LogP contribution in [0.4, 0.5) is 0 Å². The van der Waals surface area contributed by atoms with Crippen LogP contribution in [0.15, 0.2) is 12.2 Å². The van der Waals surface area contributed by atoms with Crippen molar-refractivity contribution in [3.63, 3.8) is 0 Å². The van der Waals surface area contributed by atoms with Gasteiger partial charge in [-0.1, -0.05) is 193 Å². The Morgan fingerprint density at radius 1 is 0.342 bits per heavy atom. The minimum absolute atomic E-state index is 0.150. The number of nitrogens with one attached hydrogen (secondary N) is 3. The van der Waals surface area contributed by atoms with E-state index in [-0.39, 0.29) is 12.3 Å². The maximum atomic E-state index is 13.7.